The molecular formula is C20H22IN3O2. The van der Waals surface area contributed by atoms with Crippen LogP contribution in [0.2, 0.25) is 0 Å². The van der Waals surface area contributed by atoms with Crippen LogP contribution in [-0.2, 0) is 4.74 Å². The first kappa shape index (κ1) is 18.8. The molecule has 26 heavy (non-hydrogen) atoms. The normalized spacial score (nSPS) is 11.8. The molecule has 0 amide bonds. The van der Waals surface area contributed by atoms with Crippen molar-refractivity contribution in [1.29, 1.82) is 0 Å². The minimum absolute atomic E-state index is 0.494. The van der Waals surface area contributed by atoms with Gasteiger partial charge < -0.3 is 4.74 Å². The summed E-state index contributed by atoms with van der Waals surface area (Å²) in [4.78, 5) is 17.3. The Bertz CT molecular complexity index is 1020. The van der Waals surface area contributed by atoms with Gasteiger partial charge in [0.2, 0.25) is 0 Å². The lowest BCUT2D eigenvalue weighted by Crippen LogP contribution is -2.27. The molecule has 2 heterocycles. The van der Waals surface area contributed by atoms with Crippen molar-refractivity contribution in [1.82, 2.24) is 14.8 Å². The number of halogens is 1. The number of carbonyl (C=O) groups is 1. The summed E-state index contributed by atoms with van der Waals surface area (Å²) in [6.45, 7) is 11.7. The van der Waals surface area contributed by atoms with Crippen LogP contribution in [0.1, 0.15) is 37.5 Å². The molecule has 1 aromatic carbocycles. The van der Waals surface area contributed by atoms with Crippen molar-refractivity contribution in [3.63, 3.8) is 0 Å². The van der Waals surface area contributed by atoms with Crippen molar-refractivity contribution in [3.05, 3.63) is 44.7 Å². The average Bonchev–Trinajstić information content (AvgIpc) is 2.84. The van der Waals surface area contributed by atoms with Gasteiger partial charge in [-0.2, -0.15) is 9.78 Å². The summed E-state index contributed by atoms with van der Waals surface area (Å²) in [5, 5.41) is 4.36. The molecule has 0 atom stereocenters. The molecule has 0 aliphatic heterocycles. The number of aryl methyl sites for hydroxylation is 2. The number of benzene rings is 1. The van der Waals surface area contributed by atoms with E-state index < -0.39 is 11.7 Å². The van der Waals surface area contributed by atoms with Crippen LogP contribution < -0.4 is 0 Å². The van der Waals surface area contributed by atoms with Gasteiger partial charge in [-0.05, 0) is 86.9 Å². The Morgan fingerprint density at radius 2 is 1.85 bits per heavy atom. The Balaban J connectivity index is 2.18. The van der Waals surface area contributed by atoms with Crippen molar-refractivity contribution in [3.8, 4) is 11.3 Å². The summed E-state index contributed by atoms with van der Waals surface area (Å²) >= 11 is 2.11. The standard InChI is InChI=1S/C20H22IN3O2/c1-11-8-7-9-14(13(11)3)16-12(2)10-15-17(22-16)18(21)23-24(15)19(25)26-20(4,5)6/h7-10H,1-6H3. The predicted octanol–water partition coefficient (Wildman–Crippen LogP) is 5.41. The number of rotatable bonds is 1. The van der Waals surface area contributed by atoms with E-state index in [-0.39, 0.29) is 0 Å². The Hall–Kier alpha value is -1.96. The van der Waals surface area contributed by atoms with E-state index in [1.165, 1.54) is 15.8 Å². The topological polar surface area (TPSA) is 57.0 Å². The summed E-state index contributed by atoms with van der Waals surface area (Å²) in [5.41, 5.74) is 6.23. The summed E-state index contributed by atoms with van der Waals surface area (Å²) in [6.07, 6.45) is -0.494. The fourth-order valence-corrected chi connectivity index (χ4v) is 3.44. The molecule has 0 spiro atoms. The lowest BCUT2D eigenvalue weighted by Gasteiger charge is -2.19. The van der Waals surface area contributed by atoms with Gasteiger partial charge in [-0.1, -0.05) is 18.2 Å². The van der Waals surface area contributed by atoms with Crippen molar-refractivity contribution in [2.24, 2.45) is 0 Å². The molecular weight excluding hydrogens is 441 g/mol. The quantitative estimate of drug-likeness (QED) is 0.453. The summed E-state index contributed by atoms with van der Waals surface area (Å²) in [6, 6.07) is 8.17. The molecule has 0 aliphatic rings. The maximum Gasteiger partial charge on any atom is 0.435 e. The zero-order valence-corrected chi connectivity index (χ0v) is 18.0. The molecule has 3 aromatic rings. The first-order chi connectivity index (χ1) is 12.1. The van der Waals surface area contributed by atoms with E-state index in [2.05, 4.69) is 53.7 Å². The highest BCUT2D eigenvalue weighted by atomic mass is 127. The van der Waals surface area contributed by atoms with Crippen LogP contribution in [-0.4, -0.2) is 26.5 Å². The number of pyridine rings is 1. The van der Waals surface area contributed by atoms with E-state index in [4.69, 9.17) is 9.72 Å². The maximum absolute atomic E-state index is 12.5. The van der Waals surface area contributed by atoms with Crippen LogP contribution in [0.3, 0.4) is 0 Å². The molecule has 0 aliphatic carbocycles. The fraction of sp³-hybridized carbons (Fsp3) is 0.350. The van der Waals surface area contributed by atoms with Crippen LogP contribution in [0.5, 0.6) is 0 Å². The third kappa shape index (κ3) is 3.47. The molecule has 0 radical (unpaired) electrons. The summed E-state index contributed by atoms with van der Waals surface area (Å²) in [7, 11) is 0. The number of hydrogen-bond acceptors (Lipinski definition) is 4. The van der Waals surface area contributed by atoms with Gasteiger partial charge in [0.15, 0.2) is 0 Å². The highest BCUT2D eigenvalue weighted by molar-refractivity contribution is 14.1. The van der Waals surface area contributed by atoms with Crippen molar-refractivity contribution in [2.75, 3.05) is 0 Å². The van der Waals surface area contributed by atoms with Crippen molar-refractivity contribution < 1.29 is 9.53 Å². The predicted molar refractivity (Wildman–Crippen MR) is 112 cm³/mol. The molecule has 136 valence electrons. The molecule has 0 unspecified atom stereocenters. The van der Waals surface area contributed by atoms with Gasteiger partial charge in [0, 0.05) is 5.56 Å². The molecule has 3 rings (SSSR count). The second-order valence-corrected chi connectivity index (χ2v) is 8.47. The number of nitrogens with zero attached hydrogens (tertiary/aromatic N) is 3. The molecule has 0 N–H and O–H groups in total. The van der Waals surface area contributed by atoms with Crippen LogP contribution >= 0.6 is 22.6 Å². The van der Waals surface area contributed by atoms with E-state index in [0.29, 0.717) is 14.7 Å². The molecule has 2 aromatic heterocycles. The minimum atomic E-state index is -0.581. The zero-order valence-electron chi connectivity index (χ0n) is 15.8. The molecule has 0 saturated carbocycles. The lowest BCUT2D eigenvalue weighted by molar-refractivity contribution is 0.0522. The highest BCUT2D eigenvalue weighted by Gasteiger charge is 2.23. The molecule has 0 saturated heterocycles. The Morgan fingerprint density at radius 3 is 2.50 bits per heavy atom. The molecule has 6 heteroatoms. The number of ether oxygens (including phenoxy) is 1. The van der Waals surface area contributed by atoms with Gasteiger partial charge in [-0.25, -0.2) is 9.78 Å². The average molecular weight is 463 g/mol. The summed E-state index contributed by atoms with van der Waals surface area (Å²) in [5.74, 6) is 0. The lowest BCUT2D eigenvalue weighted by atomic mass is 9.98. The van der Waals surface area contributed by atoms with E-state index in [1.54, 1.807) is 0 Å². The highest BCUT2D eigenvalue weighted by Crippen LogP contribution is 2.30. The third-order valence-electron chi connectivity index (χ3n) is 4.23. The zero-order chi connectivity index (χ0) is 19.2. The number of aromatic nitrogens is 3. The SMILES string of the molecule is Cc1cc2c(nc1-c1cccc(C)c1C)c(I)nn2C(=O)OC(C)(C)C. The van der Waals surface area contributed by atoms with Gasteiger partial charge >= 0.3 is 6.09 Å². The monoisotopic (exact) mass is 463 g/mol. The smallest absolute Gasteiger partial charge is 0.435 e. The van der Waals surface area contributed by atoms with Crippen LogP contribution in [0, 0.1) is 24.5 Å². The number of fused-ring (bicyclic) bond motifs is 1. The van der Waals surface area contributed by atoms with E-state index in [0.717, 1.165) is 16.8 Å². The maximum atomic E-state index is 12.5. The van der Waals surface area contributed by atoms with E-state index >= 15 is 0 Å². The van der Waals surface area contributed by atoms with Crippen LogP contribution in [0.15, 0.2) is 24.3 Å². The summed E-state index contributed by atoms with van der Waals surface area (Å²) < 4.78 is 7.44. The molecule has 0 bridgehead atoms. The van der Waals surface area contributed by atoms with Crippen LogP contribution in [0.25, 0.3) is 22.3 Å². The van der Waals surface area contributed by atoms with E-state index in [1.807, 2.05) is 39.8 Å². The Morgan fingerprint density at radius 1 is 1.15 bits per heavy atom. The first-order valence-electron chi connectivity index (χ1n) is 8.44. The van der Waals surface area contributed by atoms with Gasteiger partial charge in [0.1, 0.15) is 20.3 Å². The van der Waals surface area contributed by atoms with Gasteiger partial charge in [0.25, 0.3) is 0 Å². The minimum Gasteiger partial charge on any atom is -0.442 e. The van der Waals surface area contributed by atoms with Crippen LogP contribution in [0.4, 0.5) is 4.79 Å². The second-order valence-electron chi connectivity index (χ2n) is 7.45. The van der Waals surface area contributed by atoms with Gasteiger partial charge in [0.05, 0.1) is 5.69 Å². The van der Waals surface area contributed by atoms with Gasteiger partial charge in [-0.3, -0.25) is 0 Å². The van der Waals surface area contributed by atoms with Crippen molar-refractivity contribution >= 4 is 39.7 Å². The number of carbonyl (C=O) groups excluding carboxylic acids is 1. The third-order valence-corrected chi connectivity index (χ3v) is 4.96. The molecule has 0 fully saturated rings. The number of hydrogen-bond donors (Lipinski definition) is 0. The molecule has 5 nitrogen and oxygen atoms in total. The first-order valence-corrected chi connectivity index (χ1v) is 9.52. The van der Waals surface area contributed by atoms with E-state index in [9.17, 15) is 4.79 Å². The Kier molecular flexibility index (Phi) is 4.81. The fourth-order valence-electron chi connectivity index (χ4n) is 2.83. The largest absolute Gasteiger partial charge is 0.442 e. The van der Waals surface area contributed by atoms with Crippen molar-refractivity contribution in [2.45, 2.75) is 47.1 Å². The van der Waals surface area contributed by atoms with Gasteiger partial charge in [-0.15, -0.1) is 0 Å². The Labute approximate surface area is 166 Å². The second kappa shape index (κ2) is 6.64.